The van der Waals surface area contributed by atoms with Crippen LogP contribution >= 0.6 is 11.6 Å². The monoisotopic (exact) mass is 349 g/mol. The molecular weight excluding hydrogens is 334 g/mol. The molecule has 4 nitrogen and oxygen atoms in total. The van der Waals surface area contributed by atoms with E-state index < -0.39 is 0 Å². The smallest absolute Gasteiger partial charge is 0.282 e. The van der Waals surface area contributed by atoms with Crippen molar-refractivity contribution in [2.24, 2.45) is 0 Å². The predicted octanol–water partition coefficient (Wildman–Crippen LogP) is 4.22. The maximum absolute atomic E-state index is 12.8. The van der Waals surface area contributed by atoms with Gasteiger partial charge < -0.3 is 4.98 Å². The molecule has 0 spiro atoms. The number of fused-ring (bicyclic) bond motifs is 1. The quantitative estimate of drug-likeness (QED) is 0.602. The van der Waals surface area contributed by atoms with Crippen LogP contribution in [0.2, 0.25) is 5.02 Å². The van der Waals surface area contributed by atoms with Crippen LogP contribution in [0.3, 0.4) is 0 Å². The Morgan fingerprint density at radius 1 is 1.08 bits per heavy atom. The molecule has 0 fully saturated rings. The van der Waals surface area contributed by atoms with Gasteiger partial charge in [0, 0.05) is 28.9 Å². The van der Waals surface area contributed by atoms with Crippen molar-refractivity contribution in [1.29, 1.82) is 0 Å². The highest BCUT2D eigenvalue weighted by atomic mass is 35.5. The average molecular weight is 350 g/mol. The molecule has 0 saturated heterocycles. The first kappa shape index (κ1) is 15.7. The van der Waals surface area contributed by atoms with Crippen LogP contribution in [0.5, 0.6) is 0 Å². The Bertz CT molecular complexity index is 1050. The largest absolute Gasteiger partial charge is 0.364 e. The minimum Gasteiger partial charge on any atom is -0.364 e. The minimum absolute atomic E-state index is 0.136. The Labute approximate surface area is 150 Å². The minimum atomic E-state index is -0.136. The number of benzene rings is 2. The number of nitrogens with one attached hydrogen (secondary N) is 1. The molecule has 2 aliphatic rings. The molecule has 0 radical (unpaired) electrons. The molecule has 2 aromatic rings. The van der Waals surface area contributed by atoms with Crippen LogP contribution in [-0.4, -0.2) is 14.8 Å². The van der Waals surface area contributed by atoms with Crippen LogP contribution in [0.15, 0.2) is 65.6 Å². The summed E-state index contributed by atoms with van der Waals surface area (Å²) in [5.41, 5.74) is 5.12. The van der Waals surface area contributed by atoms with Crippen LogP contribution in [0.25, 0.3) is 16.9 Å². The summed E-state index contributed by atoms with van der Waals surface area (Å²) in [6.07, 6.45) is 2.46. The van der Waals surface area contributed by atoms with E-state index in [1.807, 2.05) is 25.1 Å². The molecule has 0 unspecified atom stereocenters. The number of aryl methyl sites for hydroxylation is 1. The second kappa shape index (κ2) is 6.22. The van der Waals surface area contributed by atoms with Gasteiger partial charge in [-0.1, -0.05) is 41.9 Å². The van der Waals surface area contributed by atoms with Crippen LogP contribution in [0.4, 0.5) is 0 Å². The van der Waals surface area contributed by atoms with Crippen LogP contribution in [0.1, 0.15) is 16.8 Å². The van der Waals surface area contributed by atoms with E-state index in [1.54, 1.807) is 30.5 Å². The van der Waals surface area contributed by atoms with Crippen molar-refractivity contribution < 1.29 is 0 Å². The third-order valence-corrected chi connectivity index (χ3v) is 4.60. The molecule has 0 atom stereocenters. The van der Waals surface area contributed by atoms with E-state index in [0.29, 0.717) is 16.3 Å². The Hall–Kier alpha value is -2.85. The normalized spacial score (nSPS) is 11.1. The third kappa shape index (κ3) is 2.85. The van der Waals surface area contributed by atoms with Crippen molar-refractivity contribution in [2.45, 2.75) is 13.3 Å². The van der Waals surface area contributed by atoms with Crippen molar-refractivity contribution in [3.63, 3.8) is 0 Å². The zero-order chi connectivity index (χ0) is 17.4. The number of hydrogen-bond acceptors (Lipinski definition) is 2. The summed E-state index contributed by atoms with van der Waals surface area (Å²) in [5, 5.41) is 5.24. The first-order valence-corrected chi connectivity index (χ1v) is 8.41. The van der Waals surface area contributed by atoms with Crippen molar-refractivity contribution in [1.82, 2.24) is 14.8 Å². The maximum atomic E-state index is 12.8. The lowest BCUT2D eigenvalue weighted by Crippen LogP contribution is -2.14. The molecule has 0 aliphatic carbocycles. The molecule has 2 aromatic carbocycles. The zero-order valence-corrected chi connectivity index (χ0v) is 14.4. The lowest BCUT2D eigenvalue weighted by Gasteiger charge is -2.09. The second-order valence-corrected chi connectivity index (χ2v) is 6.45. The van der Waals surface area contributed by atoms with Crippen molar-refractivity contribution in [3.8, 4) is 16.9 Å². The van der Waals surface area contributed by atoms with Crippen LogP contribution in [0, 0.1) is 6.92 Å². The SMILES string of the molecule is Cc1[nH]cc2c(=O)n(-c3ccc(Cl)cc3)nc-2c1Cc1ccccc1. The highest BCUT2D eigenvalue weighted by Crippen LogP contribution is 2.26. The van der Waals surface area contributed by atoms with Gasteiger partial charge in [0.25, 0.3) is 5.56 Å². The van der Waals surface area contributed by atoms with E-state index in [9.17, 15) is 4.79 Å². The molecule has 4 rings (SSSR count). The number of halogens is 1. The Morgan fingerprint density at radius 3 is 2.52 bits per heavy atom. The van der Waals surface area contributed by atoms with Crippen molar-refractivity contribution >= 4 is 11.6 Å². The highest BCUT2D eigenvalue weighted by Gasteiger charge is 2.21. The first-order valence-electron chi connectivity index (χ1n) is 8.03. The van der Waals surface area contributed by atoms with Gasteiger partial charge in [-0.3, -0.25) is 4.79 Å². The van der Waals surface area contributed by atoms with Crippen molar-refractivity contribution in [2.75, 3.05) is 0 Å². The van der Waals surface area contributed by atoms with Gasteiger partial charge >= 0.3 is 0 Å². The van der Waals surface area contributed by atoms with E-state index in [4.69, 9.17) is 11.6 Å². The molecule has 1 N–H and O–H groups in total. The van der Waals surface area contributed by atoms with Gasteiger partial charge in [0.1, 0.15) is 5.69 Å². The molecule has 25 heavy (non-hydrogen) atoms. The summed E-state index contributed by atoms with van der Waals surface area (Å²) < 4.78 is 1.43. The molecule has 2 aliphatic heterocycles. The predicted molar refractivity (Wildman–Crippen MR) is 99.8 cm³/mol. The van der Waals surface area contributed by atoms with E-state index in [-0.39, 0.29) is 5.56 Å². The van der Waals surface area contributed by atoms with E-state index in [2.05, 4.69) is 22.2 Å². The second-order valence-electron chi connectivity index (χ2n) is 6.01. The summed E-state index contributed by atoms with van der Waals surface area (Å²) in [6.45, 7) is 2.00. The number of nitrogens with zero attached hydrogens (tertiary/aromatic N) is 2. The number of hydrogen-bond donors (Lipinski definition) is 1. The lowest BCUT2D eigenvalue weighted by atomic mass is 9.99. The topological polar surface area (TPSA) is 50.7 Å². The van der Waals surface area contributed by atoms with Crippen molar-refractivity contribution in [3.05, 3.63) is 93.0 Å². The molecule has 2 heterocycles. The Morgan fingerprint density at radius 2 is 1.80 bits per heavy atom. The van der Waals surface area contributed by atoms with Crippen LogP contribution < -0.4 is 5.56 Å². The van der Waals surface area contributed by atoms with E-state index in [0.717, 1.165) is 23.4 Å². The summed E-state index contributed by atoms with van der Waals surface area (Å²) >= 11 is 5.94. The van der Waals surface area contributed by atoms with Gasteiger partial charge in [0.2, 0.25) is 0 Å². The molecule has 0 aromatic heterocycles. The van der Waals surface area contributed by atoms with E-state index in [1.165, 1.54) is 10.2 Å². The summed E-state index contributed by atoms with van der Waals surface area (Å²) in [6, 6.07) is 17.3. The fourth-order valence-corrected chi connectivity index (χ4v) is 3.11. The average Bonchev–Trinajstić information content (AvgIpc) is 2.96. The fourth-order valence-electron chi connectivity index (χ4n) is 2.99. The lowest BCUT2D eigenvalue weighted by molar-refractivity contribution is 0.854. The molecule has 0 saturated carbocycles. The fraction of sp³-hybridized carbons (Fsp3) is 0.100. The number of rotatable bonds is 3. The Kier molecular flexibility index (Phi) is 3.90. The standard InChI is InChI=1S/C20H16ClN3O/c1-13-17(11-14-5-3-2-4-6-14)19-18(12-22-13)20(25)24(23-19)16-9-7-15(21)8-10-16/h2-10,12,22H,11H2,1H3. The van der Waals surface area contributed by atoms with Gasteiger partial charge in [-0.25, -0.2) is 0 Å². The van der Waals surface area contributed by atoms with E-state index >= 15 is 0 Å². The van der Waals surface area contributed by atoms with Gasteiger partial charge in [-0.15, -0.1) is 0 Å². The molecular formula is C20H16ClN3O. The highest BCUT2D eigenvalue weighted by molar-refractivity contribution is 6.30. The summed E-state index contributed by atoms with van der Waals surface area (Å²) in [5.74, 6) is 0. The molecule has 124 valence electrons. The Balaban J connectivity index is 1.87. The number of aromatic amines is 1. The molecule has 0 bridgehead atoms. The van der Waals surface area contributed by atoms with Gasteiger partial charge in [0.05, 0.1) is 11.3 Å². The summed E-state index contributed by atoms with van der Waals surface area (Å²) in [7, 11) is 0. The third-order valence-electron chi connectivity index (χ3n) is 4.34. The first-order chi connectivity index (χ1) is 12.1. The van der Waals surface area contributed by atoms with Crippen LogP contribution in [-0.2, 0) is 6.42 Å². The number of pyridine rings is 1. The molecule has 0 amide bonds. The molecule has 5 heteroatoms. The zero-order valence-electron chi connectivity index (χ0n) is 13.7. The van der Waals surface area contributed by atoms with Gasteiger partial charge in [-0.2, -0.15) is 9.78 Å². The number of H-pyrrole nitrogens is 1. The van der Waals surface area contributed by atoms with Gasteiger partial charge in [-0.05, 0) is 36.8 Å². The van der Waals surface area contributed by atoms with Gasteiger partial charge in [0.15, 0.2) is 0 Å². The number of aromatic nitrogens is 3. The maximum Gasteiger partial charge on any atom is 0.282 e. The summed E-state index contributed by atoms with van der Waals surface area (Å²) in [4.78, 5) is 16.0.